The van der Waals surface area contributed by atoms with Gasteiger partial charge < -0.3 is 33.9 Å². The zero-order chi connectivity index (χ0) is 18.9. The molecule has 0 aromatic heterocycles. The number of fused-ring (bicyclic) bond motifs is 1. The molecule has 1 spiro atoms. The van der Waals surface area contributed by atoms with Crippen molar-refractivity contribution in [1.29, 1.82) is 0 Å². The van der Waals surface area contributed by atoms with Crippen LogP contribution in [0, 0.1) is 0 Å². The van der Waals surface area contributed by atoms with Crippen molar-refractivity contribution in [3.63, 3.8) is 0 Å². The molecule has 1 saturated carbocycles. The summed E-state index contributed by atoms with van der Waals surface area (Å²) in [6.07, 6.45) is 0.814. The molecule has 2 saturated heterocycles. The Morgan fingerprint density at radius 1 is 1.23 bits per heavy atom. The van der Waals surface area contributed by atoms with E-state index in [1.807, 2.05) is 0 Å². The van der Waals surface area contributed by atoms with Crippen molar-refractivity contribution >= 4 is 5.97 Å². The zero-order valence-corrected chi connectivity index (χ0v) is 15.7. The van der Waals surface area contributed by atoms with Gasteiger partial charge in [0.25, 0.3) is 0 Å². The second-order valence-electron chi connectivity index (χ2n) is 8.25. The first kappa shape index (κ1) is 20.0. The topological polar surface area (TPSA) is 104 Å². The predicted octanol–water partition coefficient (Wildman–Crippen LogP) is 0.867. The molecule has 3 fully saturated rings. The maximum Gasteiger partial charge on any atom is 0.332 e. The summed E-state index contributed by atoms with van der Waals surface area (Å²) < 4.78 is 28.9. The normalized spacial score (nSPS) is 34.7. The summed E-state index contributed by atoms with van der Waals surface area (Å²) in [5.41, 5.74) is -0.613. The lowest BCUT2D eigenvalue weighted by molar-refractivity contribution is -0.257. The summed E-state index contributed by atoms with van der Waals surface area (Å²) in [5, 5.41) is 19.3. The Balaban J connectivity index is 1.66. The first-order valence-corrected chi connectivity index (χ1v) is 9.36. The molecule has 0 bridgehead atoms. The average Bonchev–Trinajstić information content (AvgIpc) is 3.05. The summed E-state index contributed by atoms with van der Waals surface area (Å²) in [6.45, 7) is 4.55. The zero-order valence-electron chi connectivity index (χ0n) is 15.7. The standard InChI is InChI=1S/C18H30O8/c1-17(2,3)24-12(21)10-22-14-13(11(20)9-19)23-16-15(14)25-18(26-16)7-5-4-6-8-18/h11,13-16,19-20H,4-10H2,1-3H3/t11?,13-,14+,15-,16-/m1/s1. The highest BCUT2D eigenvalue weighted by molar-refractivity contribution is 5.71. The lowest BCUT2D eigenvalue weighted by atomic mass is 9.94. The van der Waals surface area contributed by atoms with Crippen LogP contribution < -0.4 is 0 Å². The van der Waals surface area contributed by atoms with Gasteiger partial charge in [0.2, 0.25) is 0 Å². The van der Waals surface area contributed by atoms with Crippen molar-refractivity contribution < 1.29 is 38.7 Å². The Kier molecular flexibility index (Phi) is 5.91. The van der Waals surface area contributed by atoms with Crippen molar-refractivity contribution in [3.05, 3.63) is 0 Å². The minimum Gasteiger partial charge on any atom is -0.458 e. The first-order chi connectivity index (χ1) is 12.2. The van der Waals surface area contributed by atoms with Crippen LogP contribution in [0.4, 0.5) is 0 Å². The maximum atomic E-state index is 12.0. The molecule has 2 aliphatic heterocycles. The van der Waals surface area contributed by atoms with E-state index in [-0.39, 0.29) is 6.61 Å². The molecule has 26 heavy (non-hydrogen) atoms. The van der Waals surface area contributed by atoms with Crippen LogP contribution in [0.2, 0.25) is 0 Å². The van der Waals surface area contributed by atoms with Crippen molar-refractivity contribution in [2.75, 3.05) is 13.2 Å². The number of aliphatic hydroxyl groups excluding tert-OH is 2. The SMILES string of the molecule is CC(C)(C)OC(=O)CO[C@@H]1[C@H]2OC3(CCCCC3)O[C@H]2O[C@@H]1C(O)CO. The molecule has 2 N–H and O–H groups in total. The van der Waals surface area contributed by atoms with E-state index in [1.165, 1.54) is 0 Å². The van der Waals surface area contributed by atoms with E-state index in [0.717, 1.165) is 32.1 Å². The summed E-state index contributed by atoms with van der Waals surface area (Å²) in [6, 6.07) is 0. The van der Waals surface area contributed by atoms with E-state index in [2.05, 4.69) is 0 Å². The quantitative estimate of drug-likeness (QED) is 0.683. The third-order valence-corrected chi connectivity index (χ3v) is 4.88. The second-order valence-corrected chi connectivity index (χ2v) is 8.25. The Hall–Kier alpha value is -0.770. The van der Waals surface area contributed by atoms with Gasteiger partial charge in [0.05, 0.1) is 6.61 Å². The highest BCUT2D eigenvalue weighted by atomic mass is 16.8. The molecule has 0 amide bonds. The molecular formula is C18H30O8. The number of hydrogen-bond acceptors (Lipinski definition) is 8. The van der Waals surface area contributed by atoms with Crippen LogP contribution in [0.25, 0.3) is 0 Å². The minimum absolute atomic E-state index is 0.292. The van der Waals surface area contributed by atoms with Gasteiger partial charge in [-0.2, -0.15) is 0 Å². The molecule has 3 aliphatic rings. The van der Waals surface area contributed by atoms with Gasteiger partial charge in [0, 0.05) is 12.8 Å². The van der Waals surface area contributed by atoms with E-state index >= 15 is 0 Å². The molecular weight excluding hydrogens is 344 g/mol. The van der Waals surface area contributed by atoms with Crippen LogP contribution in [-0.4, -0.2) is 71.5 Å². The Labute approximate surface area is 153 Å². The average molecular weight is 374 g/mol. The van der Waals surface area contributed by atoms with Crippen LogP contribution in [0.3, 0.4) is 0 Å². The Morgan fingerprint density at radius 2 is 1.92 bits per heavy atom. The van der Waals surface area contributed by atoms with Gasteiger partial charge in [-0.25, -0.2) is 4.79 Å². The number of carbonyl (C=O) groups excluding carboxylic acids is 1. The van der Waals surface area contributed by atoms with Gasteiger partial charge in [-0.1, -0.05) is 6.42 Å². The fraction of sp³-hybridized carbons (Fsp3) is 0.944. The lowest BCUT2D eigenvalue weighted by Gasteiger charge is -2.34. The van der Waals surface area contributed by atoms with Crippen molar-refractivity contribution in [2.45, 2.75) is 95.0 Å². The van der Waals surface area contributed by atoms with E-state index in [1.54, 1.807) is 20.8 Å². The molecule has 8 heteroatoms. The van der Waals surface area contributed by atoms with Crippen LogP contribution in [-0.2, 0) is 28.5 Å². The predicted molar refractivity (Wildman–Crippen MR) is 89.1 cm³/mol. The van der Waals surface area contributed by atoms with Crippen molar-refractivity contribution in [1.82, 2.24) is 0 Å². The van der Waals surface area contributed by atoms with E-state index in [9.17, 15) is 15.0 Å². The minimum atomic E-state index is -1.15. The van der Waals surface area contributed by atoms with Gasteiger partial charge in [0.1, 0.15) is 36.6 Å². The number of hydrogen-bond donors (Lipinski definition) is 2. The molecule has 1 aliphatic carbocycles. The number of esters is 1. The fourth-order valence-electron chi connectivity index (χ4n) is 3.82. The van der Waals surface area contributed by atoms with Gasteiger partial charge in [-0.3, -0.25) is 0 Å². The smallest absolute Gasteiger partial charge is 0.332 e. The molecule has 8 nitrogen and oxygen atoms in total. The second kappa shape index (κ2) is 7.69. The van der Waals surface area contributed by atoms with Gasteiger partial charge in [-0.05, 0) is 33.6 Å². The van der Waals surface area contributed by atoms with Gasteiger partial charge in [-0.15, -0.1) is 0 Å². The Morgan fingerprint density at radius 3 is 2.54 bits per heavy atom. The summed E-state index contributed by atoms with van der Waals surface area (Å²) in [7, 11) is 0. The molecule has 3 rings (SSSR count). The molecule has 0 aromatic carbocycles. The van der Waals surface area contributed by atoms with Crippen molar-refractivity contribution in [2.24, 2.45) is 0 Å². The van der Waals surface area contributed by atoms with Gasteiger partial charge >= 0.3 is 5.97 Å². The Bertz CT molecular complexity index is 496. The molecule has 150 valence electrons. The van der Waals surface area contributed by atoms with E-state index < -0.39 is 54.7 Å². The third kappa shape index (κ3) is 4.37. The van der Waals surface area contributed by atoms with Gasteiger partial charge in [0.15, 0.2) is 12.1 Å². The van der Waals surface area contributed by atoms with Crippen LogP contribution in [0.5, 0.6) is 0 Å². The van der Waals surface area contributed by atoms with Crippen LogP contribution in [0.15, 0.2) is 0 Å². The van der Waals surface area contributed by atoms with Crippen molar-refractivity contribution in [3.8, 4) is 0 Å². The first-order valence-electron chi connectivity index (χ1n) is 9.36. The largest absolute Gasteiger partial charge is 0.458 e. The summed E-state index contributed by atoms with van der Waals surface area (Å²) in [5.74, 6) is -1.18. The van der Waals surface area contributed by atoms with E-state index in [4.69, 9.17) is 23.7 Å². The summed E-state index contributed by atoms with van der Waals surface area (Å²) >= 11 is 0. The maximum absolute atomic E-state index is 12.0. The molecule has 2 heterocycles. The fourth-order valence-corrected chi connectivity index (χ4v) is 3.82. The highest BCUT2D eigenvalue weighted by Gasteiger charge is 2.59. The number of carbonyl (C=O) groups is 1. The lowest BCUT2D eigenvalue weighted by Crippen LogP contribution is -2.46. The molecule has 1 unspecified atom stereocenters. The monoisotopic (exact) mass is 374 g/mol. The number of ether oxygens (including phenoxy) is 5. The molecule has 0 aromatic rings. The molecule has 5 atom stereocenters. The van der Waals surface area contributed by atoms with Crippen LogP contribution >= 0.6 is 0 Å². The molecule has 0 radical (unpaired) electrons. The highest BCUT2D eigenvalue weighted by Crippen LogP contribution is 2.46. The summed E-state index contributed by atoms with van der Waals surface area (Å²) in [4.78, 5) is 12.0. The van der Waals surface area contributed by atoms with E-state index in [0.29, 0.717) is 0 Å². The number of aliphatic hydroxyl groups is 2. The third-order valence-electron chi connectivity index (χ3n) is 4.88. The number of rotatable bonds is 5. The van der Waals surface area contributed by atoms with Crippen LogP contribution in [0.1, 0.15) is 52.9 Å².